The number of ether oxygens (including phenoxy) is 2. The number of hydrogen-bond donors (Lipinski definition) is 3. The number of aromatic amines is 1. The van der Waals surface area contributed by atoms with E-state index in [4.69, 9.17) is 30.1 Å². The second-order valence-electron chi connectivity index (χ2n) is 10.3. The quantitative estimate of drug-likeness (QED) is 0.136. The highest BCUT2D eigenvalue weighted by atomic mass is 35.5. The SMILES string of the molecule is Cc1cn(C2O[C@H](COP(=O)(NC(C)C(=O)OC(C)C)OCCSC(=O)C(C)(C)C)[C@@H](O)[C@@H]2Cl)c(=O)[nH]c1=O. The van der Waals surface area contributed by atoms with E-state index in [0.29, 0.717) is 0 Å². The molecule has 222 valence electrons. The van der Waals surface area contributed by atoms with E-state index >= 15 is 0 Å². The molecular weight excluding hydrogens is 577 g/mol. The molecule has 1 aliphatic rings. The van der Waals surface area contributed by atoms with Gasteiger partial charge in [0.2, 0.25) is 0 Å². The molecule has 1 aromatic rings. The largest absolute Gasteiger partial charge is 0.462 e. The van der Waals surface area contributed by atoms with Crippen LogP contribution in [0.5, 0.6) is 0 Å². The molecule has 6 atom stereocenters. The third-order valence-electron chi connectivity index (χ3n) is 5.37. The van der Waals surface area contributed by atoms with Crippen molar-refractivity contribution in [1.29, 1.82) is 0 Å². The minimum atomic E-state index is -4.21. The molecule has 1 aliphatic heterocycles. The average molecular weight is 614 g/mol. The summed E-state index contributed by atoms with van der Waals surface area (Å²) in [6.07, 6.45) is -2.82. The Morgan fingerprint density at radius 3 is 2.51 bits per heavy atom. The molecule has 3 unspecified atom stereocenters. The van der Waals surface area contributed by atoms with Gasteiger partial charge in [0, 0.05) is 22.9 Å². The monoisotopic (exact) mass is 613 g/mol. The number of aromatic nitrogens is 2. The average Bonchev–Trinajstić information content (AvgIpc) is 3.10. The summed E-state index contributed by atoms with van der Waals surface area (Å²) in [5.41, 5.74) is -1.71. The maximum absolute atomic E-state index is 13.6. The Kier molecular flexibility index (Phi) is 12.0. The van der Waals surface area contributed by atoms with Crippen molar-refractivity contribution in [2.24, 2.45) is 5.41 Å². The Bertz CT molecular complexity index is 1180. The van der Waals surface area contributed by atoms with Gasteiger partial charge >= 0.3 is 19.4 Å². The molecule has 16 heteroatoms. The number of hydrogen-bond acceptors (Lipinski definition) is 11. The van der Waals surface area contributed by atoms with Crippen molar-refractivity contribution in [3.63, 3.8) is 0 Å². The molecule has 2 rings (SSSR count). The van der Waals surface area contributed by atoms with Crippen LogP contribution in [-0.4, -0.2) is 74.4 Å². The van der Waals surface area contributed by atoms with Crippen LogP contribution in [-0.2, 0) is 32.7 Å². The Hall–Kier alpha value is -1.51. The van der Waals surface area contributed by atoms with Crippen LogP contribution in [0.2, 0.25) is 0 Å². The molecule has 1 fully saturated rings. The number of H-pyrrole nitrogens is 1. The number of thioether (sulfide) groups is 1. The number of carbonyl (C=O) groups excluding carboxylic acids is 2. The van der Waals surface area contributed by atoms with Gasteiger partial charge in [0.25, 0.3) is 5.56 Å². The van der Waals surface area contributed by atoms with Gasteiger partial charge in [-0.05, 0) is 27.7 Å². The molecule has 0 amide bonds. The van der Waals surface area contributed by atoms with Crippen molar-refractivity contribution in [1.82, 2.24) is 14.6 Å². The molecular formula is C23H37ClN3O10PS. The normalized spacial score (nSPS) is 23.9. The van der Waals surface area contributed by atoms with Crippen molar-refractivity contribution in [3.8, 4) is 0 Å². The first-order chi connectivity index (χ1) is 17.9. The maximum atomic E-state index is 13.6. The van der Waals surface area contributed by atoms with E-state index in [1.54, 1.807) is 34.6 Å². The molecule has 0 aromatic carbocycles. The van der Waals surface area contributed by atoms with E-state index in [9.17, 15) is 28.8 Å². The number of alkyl halides is 1. The lowest BCUT2D eigenvalue weighted by molar-refractivity contribution is -0.149. The standard InChI is InChI=1S/C23H37ClN3O10PS/c1-12(2)36-20(30)14(4)26-38(33,34-8-9-39-21(31)23(5,6)7)35-11-15-17(28)16(24)19(37-15)27-10-13(3)18(29)25-22(27)32/h10,12,14-17,19,28H,8-9,11H2,1-7H3,(H,26,33)(H,25,29,32)/t14?,15-,16+,17-,19?,38?/m1/s1. The van der Waals surface area contributed by atoms with Gasteiger partial charge in [-0.2, -0.15) is 0 Å². The van der Waals surface area contributed by atoms with Crippen molar-refractivity contribution in [2.75, 3.05) is 19.0 Å². The molecule has 0 spiro atoms. The summed E-state index contributed by atoms with van der Waals surface area (Å²) in [4.78, 5) is 50.6. The van der Waals surface area contributed by atoms with E-state index in [2.05, 4.69) is 10.1 Å². The summed E-state index contributed by atoms with van der Waals surface area (Å²) < 4.78 is 36.5. The summed E-state index contributed by atoms with van der Waals surface area (Å²) in [5, 5.41) is 11.9. The molecule has 0 aliphatic carbocycles. The second kappa shape index (κ2) is 13.9. The minimum Gasteiger partial charge on any atom is -0.462 e. The summed E-state index contributed by atoms with van der Waals surface area (Å²) in [6, 6.07) is -1.09. The number of carbonyl (C=O) groups is 2. The molecule has 39 heavy (non-hydrogen) atoms. The van der Waals surface area contributed by atoms with E-state index in [1.165, 1.54) is 20.0 Å². The number of nitrogens with zero attached hydrogens (tertiary/aromatic N) is 1. The van der Waals surface area contributed by atoms with E-state index in [-0.39, 0.29) is 23.0 Å². The van der Waals surface area contributed by atoms with Crippen LogP contribution in [0.4, 0.5) is 0 Å². The molecule has 13 nitrogen and oxygen atoms in total. The van der Waals surface area contributed by atoms with Crippen LogP contribution < -0.4 is 16.3 Å². The van der Waals surface area contributed by atoms with Gasteiger partial charge in [-0.3, -0.25) is 33.0 Å². The van der Waals surface area contributed by atoms with Crippen molar-refractivity contribution < 1.29 is 37.8 Å². The van der Waals surface area contributed by atoms with Crippen LogP contribution in [0.3, 0.4) is 0 Å². The molecule has 2 heterocycles. The number of aliphatic hydroxyl groups excluding tert-OH is 1. The van der Waals surface area contributed by atoms with Crippen LogP contribution in [0.15, 0.2) is 15.8 Å². The first-order valence-corrected chi connectivity index (χ1v) is 15.3. The number of halogens is 1. The van der Waals surface area contributed by atoms with Crippen molar-refractivity contribution >= 4 is 42.2 Å². The van der Waals surface area contributed by atoms with Gasteiger partial charge in [-0.15, -0.1) is 11.6 Å². The number of esters is 1. The summed E-state index contributed by atoms with van der Waals surface area (Å²) in [5.74, 6) is -0.528. The smallest absolute Gasteiger partial charge is 0.406 e. The van der Waals surface area contributed by atoms with Gasteiger partial charge in [0.1, 0.15) is 23.6 Å². The number of rotatable bonds is 12. The van der Waals surface area contributed by atoms with Crippen LogP contribution in [0.25, 0.3) is 0 Å². The zero-order valence-electron chi connectivity index (χ0n) is 23.0. The van der Waals surface area contributed by atoms with Crippen molar-refractivity contribution in [3.05, 3.63) is 32.6 Å². The highest BCUT2D eigenvalue weighted by molar-refractivity contribution is 8.13. The fraction of sp³-hybridized carbons (Fsp3) is 0.739. The van der Waals surface area contributed by atoms with Crippen LogP contribution in [0, 0.1) is 12.3 Å². The predicted octanol–water partition coefficient (Wildman–Crippen LogP) is 2.09. The molecule has 0 saturated carbocycles. The van der Waals surface area contributed by atoms with E-state index in [1.807, 2.05) is 0 Å². The Morgan fingerprint density at radius 2 is 1.92 bits per heavy atom. The highest BCUT2D eigenvalue weighted by Crippen LogP contribution is 2.46. The third kappa shape index (κ3) is 9.53. The molecule has 1 saturated heterocycles. The molecule has 3 N–H and O–H groups in total. The number of nitrogens with one attached hydrogen (secondary N) is 2. The summed E-state index contributed by atoms with van der Waals surface area (Å²) >= 11 is 7.32. The lowest BCUT2D eigenvalue weighted by atomic mass is 10.00. The Balaban J connectivity index is 2.14. The zero-order valence-corrected chi connectivity index (χ0v) is 25.4. The first-order valence-electron chi connectivity index (χ1n) is 12.3. The fourth-order valence-electron chi connectivity index (χ4n) is 3.26. The van der Waals surface area contributed by atoms with Gasteiger partial charge in [-0.1, -0.05) is 32.5 Å². The number of aliphatic hydroxyl groups is 1. The lowest BCUT2D eigenvalue weighted by Crippen LogP contribution is -2.37. The second-order valence-corrected chi connectivity index (χ2v) is 13.7. The maximum Gasteiger partial charge on any atom is 0.406 e. The minimum absolute atomic E-state index is 0.0851. The molecule has 1 aromatic heterocycles. The van der Waals surface area contributed by atoms with Crippen LogP contribution >= 0.6 is 31.1 Å². The van der Waals surface area contributed by atoms with Gasteiger partial charge in [-0.25, -0.2) is 14.4 Å². The Morgan fingerprint density at radius 1 is 1.28 bits per heavy atom. The lowest BCUT2D eigenvalue weighted by Gasteiger charge is -2.25. The topological polar surface area (TPSA) is 175 Å². The predicted molar refractivity (Wildman–Crippen MR) is 146 cm³/mol. The van der Waals surface area contributed by atoms with Crippen molar-refractivity contribution in [2.45, 2.75) is 84.4 Å². The fourth-order valence-corrected chi connectivity index (χ4v) is 5.99. The highest BCUT2D eigenvalue weighted by Gasteiger charge is 2.45. The molecule has 0 radical (unpaired) electrons. The summed E-state index contributed by atoms with van der Waals surface area (Å²) in [7, 11) is -4.21. The molecule has 0 bridgehead atoms. The van der Waals surface area contributed by atoms with E-state index < -0.39 is 72.9 Å². The summed E-state index contributed by atoms with van der Waals surface area (Å²) in [6.45, 7) is 10.9. The third-order valence-corrected chi connectivity index (χ3v) is 8.80. The Labute approximate surface area is 235 Å². The van der Waals surface area contributed by atoms with E-state index in [0.717, 1.165) is 16.3 Å². The van der Waals surface area contributed by atoms with Crippen LogP contribution in [0.1, 0.15) is 53.3 Å². The number of aryl methyl sites for hydroxylation is 1. The van der Waals surface area contributed by atoms with Gasteiger partial charge in [0.15, 0.2) is 11.3 Å². The zero-order chi connectivity index (χ0) is 29.7. The van der Waals surface area contributed by atoms with Gasteiger partial charge < -0.3 is 14.6 Å². The van der Waals surface area contributed by atoms with Gasteiger partial charge in [0.05, 0.1) is 19.3 Å². The first kappa shape index (κ1) is 33.7.